The summed E-state index contributed by atoms with van der Waals surface area (Å²) in [6, 6.07) is 11.6. The molecule has 0 radical (unpaired) electrons. The Labute approximate surface area is 204 Å². The normalized spacial score (nSPS) is 11.5. The van der Waals surface area contributed by atoms with E-state index in [4.69, 9.17) is 35.1 Å². The Bertz CT molecular complexity index is 1140. The number of aromatic nitrogens is 2. The molecule has 0 spiro atoms. The molecule has 0 atom stereocenters. The molecular formula is C21H20F6N4O6. The van der Waals surface area contributed by atoms with Gasteiger partial charge in [0.1, 0.15) is 18.1 Å². The van der Waals surface area contributed by atoms with Crippen molar-refractivity contribution in [2.45, 2.75) is 12.4 Å². The SMILES string of the molecule is COc1ccc(C(=NOCCN)c2cc3ccncc3[nH]2)cc1.O=C(O)C(F)(F)F.O=C(O)C(F)(F)F. The number of carboxylic acid groups (broad SMARTS) is 2. The van der Waals surface area contributed by atoms with Gasteiger partial charge in [0.2, 0.25) is 0 Å². The van der Waals surface area contributed by atoms with Gasteiger partial charge in [-0.3, -0.25) is 4.98 Å². The van der Waals surface area contributed by atoms with E-state index in [1.165, 1.54) is 0 Å². The van der Waals surface area contributed by atoms with Crippen molar-refractivity contribution in [3.63, 3.8) is 0 Å². The summed E-state index contributed by atoms with van der Waals surface area (Å²) in [4.78, 5) is 30.5. The second kappa shape index (κ2) is 13.7. The first kappa shape index (κ1) is 30.7. The Balaban J connectivity index is 0.000000404. The number of benzene rings is 1. The summed E-state index contributed by atoms with van der Waals surface area (Å²) in [7, 11) is 1.64. The molecule has 0 aliphatic rings. The molecule has 2 aromatic heterocycles. The average Bonchev–Trinajstić information content (AvgIpc) is 3.25. The predicted molar refractivity (Wildman–Crippen MR) is 117 cm³/mol. The Morgan fingerprint density at radius 1 is 1.03 bits per heavy atom. The number of carboxylic acids is 2. The van der Waals surface area contributed by atoms with Gasteiger partial charge in [-0.2, -0.15) is 26.3 Å². The summed E-state index contributed by atoms with van der Waals surface area (Å²) in [5.41, 5.74) is 8.89. The summed E-state index contributed by atoms with van der Waals surface area (Å²) < 4.78 is 68.7. The van der Waals surface area contributed by atoms with Crippen molar-refractivity contribution in [1.29, 1.82) is 0 Å². The minimum Gasteiger partial charge on any atom is -0.497 e. The maximum absolute atomic E-state index is 10.6. The fraction of sp³-hybridized carbons (Fsp3) is 0.238. The lowest BCUT2D eigenvalue weighted by atomic mass is 10.1. The van der Waals surface area contributed by atoms with Gasteiger partial charge in [-0.15, -0.1) is 0 Å². The highest BCUT2D eigenvalue weighted by molar-refractivity contribution is 6.13. The van der Waals surface area contributed by atoms with Crippen LogP contribution >= 0.6 is 0 Å². The number of H-pyrrole nitrogens is 1. The third kappa shape index (κ3) is 10.4. The second-order valence-electron chi connectivity index (χ2n) is 6.54. The van der Waals surface area contributed by atoms with Gasteiger partial charge in [-0.25, -0.2) is 9.59 Å². The highest BCUT2D eigenvalue weighted by Crippen LogP contribution is 2.20. The number of alkyl halides is 6. The number of fused-ring (bicyclic) bond motifs is 1. The number of nitrogens with two attached hydrogens (primary N) is 1. The number of aliphatic carboxylic acids is 2. The van der Waals surface area contributed by atoms with Crippen molar-refractivity contribution in [1.82, 2.24) is 9.97 Å². The van der Waals surface area contributed by atoms with Gasteiger partial charge in [0.15, 0.2) is 0 Å². The van der Waals surface area contributed by atoms with E-state index in [0.717, 1.165) is 27.9 Å². The minimum absolute atomic E-state index is 0.363. The minimum atomic E-state index is -5.08. The number of aromatic amines is 1. The van der Waals surface area contributed by atoms with Gasteiger partial charge < -0.3 is 30.5 Å². The molecule has 0 aliphatic carbocycles. The summed E-state index contributed by atoms with van der Waals surface area (Å²) in [6.45, 7) is 0.775. The van der Waals surface area contributed by atoms with Gasteiger partial charge in [-0.05, 0) is 36.4 Å². The smallest absolute Gasteiger partial charge is 0.490 e. The van der Waals surface area contributed by atoms with Crippen molar-refractivity contribution in [2.24, 2.45) is 10.9 Å². The largest absolute Gasteiger partial charge is 0.497 e. The molecule has 10 nitrogen and oxygen atoms in total. The number of oxime groups is 1. The van der Waals surface area contributed by atoms with Crippen LogP contribution in [0.1, 0.15) is 11.3 Å². The Morgan fingerprint density at radius 3 is 2.00 bits per heavy atom. The lowest BCUT2D eigenvalue weighted by Crippen LogP contribution is -2.21. The quantitative estimate of drug-likeness (QED) is 0.160. The molecule has 3 aromatic rings. The molecule has 2 heterocycles. The molecule has 0 amide bonds. The molecule has 0 bridgehead atoms. The number of pyridine rings is 1. The van der Waals surface area contributed by atoms with Crippen molar-refractivity contribution < 1.29 is 55.7 Å². The van der Waals surface area contributed by atoms with Gasteiger partial charge in [-0.1, -0.05) is 5.16 Å². The standard InChI is InChI=1S/C17H18N4O2.2C2HF3O2/c1-22-14-4-2-12(3-5-14)17(21-23-9-7-18)15-10-13-6-8-19-11-16(13)20-15;2*3-2(4,5)1(6)7/h2-6,8,10-11,20H,7,9,18H2,1H3;2*(H,6,7). The fourth-order valence-electron chi connectivity index (χ4n) is 2.27. The molecule has 0 aliphatic heterocycles. The number of methoxy groups -OCH3 is 1. The van der Waals surface area contributed by atoms with Crippen LogP contribution in [0.3, 0.4) is 0 Å². The predicted octanol–water partition coefficient (Wildman–Crippen LogP) is 3.57. The number of hydrogen-bond acceptors (Lipinski definition) is 7. The molecule has 3 rings (SSSR count). The van der Waals surface area contributed by atoms with Crippen LogP contribution in [0.4, 0.5) is 26.3 Å². The number of hydrogen-bond donors (Lipinski definition) is 4. The van der Waals surface area contributed by atoms with Crippen LogP contribution < -0.4 is 10.5 Å². The van der Waals surface area contributed by atoms with Crippen LogP contribution in [-0.4, -0.2) is 70.4 Å². The van der Waals surface area contributed by atoms with Crippen molar-refractivity contribution in [3.05, 3.63) is 60.0 Å². The first-order valence-electron chi connectivity index (χ1n) is 9.78. The number of rotatable bonds is 6. The Hall–Kier alpha value is -4.34. The van der Waals surface area contributed by atoms with Crippen molar-refractivity contribution in [2.75, 3.05) is 20.3 Å². The summed E-state index contributed by atoms with van der Waals surface area (Å²) in [5, 5.41) is 19.6. The average molecular weight is 538 g/mol. The monoisotopic (exact) mass is 538 g/mol. The van der Waals surface area contributed by atoms with E-state index >= 15 is 0 Å². The topological polar surface area (TPSA) is 160 Å². The van der Waals surface area contributed by atoms with E-state index in [9.17, 15) is 26.3 Å². The van der Waals surface area contributed by atoms with Crippen molar-refractivity contribution in [3.8, 4) is 5.75 Å². The molecular weight excluding hydrogens is 518 g/mol. The molecule has 1 aromatic carbocycles. The first-order chi connectivity index (χ1) is 17.2. The fourth-order valence-corrected chi connectivity index (χ4v) is 2.27. The third-order valence-electron chi connectivity index (χ3n) is 3.89. The Kier molecular flexibility index (Phi) is 11.3. The Morgan fingerprint density at radius 2 is 1.57 bits per heavy atom. The van der Waals surface area contributed by atoms with E-state index in [2.05, 4.69) is 15.1 Å². The lowest BCUT2D eigenvalue weighted by molar-refractivity contribution is -0.193. The van der Waals surface area contributed by atoms with E-state index in [0.29, 0.717) is 18.9 Å². The van der Waals surface area contributed by atoms with E-state index < -0.39 is 24.3 Å². The summed E-state index contributed by atoms with van der Waals surface area (Å²) in [6.07, 6.45) is -6.62. The van der Waals surface area contributed by atoms with Crippen LogP contribution in [0.25, 0.3) is 10.9 Å². The highest BCUT2D eigenvalue weighted by atomic mass is 19.4. The van der Waals surface area contributed by atoms with E-state index in [1.54, 1.807) is 19.5 Å². The van der Waals surface area contributed by atoms with Gasteiger partial charge in [0.25, 0.3) is 0 Å². The van der Waals surface area contributed by atoms with Gasteiger partial charge >= 0.3 is 24.3 Å². The van der Waals surface area contributed by atoms with Crippen LogP contribution in [-0.2, 0) is 14.4 Å². The molecule has 0 saturated heterocycles. The summed E-state index contributed by atoms with van der Waals surface area (Å²) >= 11 is 0. The maximum Gasteiger partial charge on any atom is 0.490 e. The number of carbonyl (C=O) groups is 2. The molecule has 37 heavy (non-hydrogen) atoms. The number of ether oxygens (including phenoxy) is 1. The zero-order valence-corrected chi connectivity index (χ0v) is 18.8. The van der Waals surface area contributed by atoms with E-state index in [-0.39, 0.29) is 0 Å². The molecule has 202 valence electrons. The van der Waals surface area contributed by atoms with Crippen LogP contribution in [0.5, 0.6) is 5.75 Å². The lowest BCUT2D eigenvalue weighted by Gasteiger charge is -2.06. The van der Waals surface area contributed by atoms with Gasteiger partial charge in [0.05, 0.1) is 24.5 Å². The number of nitrogens with zero attached hydrogens (tertiary/aromatic N) is 2. The first-order valence-corrected chi connectivity index (χ1v) is 9.78. The molecule has 0 fully saturated rings. The van der Waals surface area contributed by atoms with Crippen LogP contribution in [0.15, 0.2) is 53.9 Å². The number of nitrogens with one attached hydrogen (secondary N) is 1. The van der Waals surface area contributed by atoms with Crippen molar-refractivity contribution >= 4 is 28.6 Å². The highest BCUT2D eigenvalue weighted by Gasteiger charge is 2.38. The number of halogens is 6. The molecule has 5 N–H and O–H groups in total. The second-order valence-corrected chi connectivity index (χ2v) is 6.54. The van der Waals surface area contributed by atoms with Gasteiger partial charge in [0, 0.05) is 23.7 Å². The van der Waals surface area contributed by atoms with Crippen LogP contribution in [0, 0.1) is 0 Å². The summed E-state index contributed by atoms with van der Waals surface area (Å²) in [5.74, 6) is -4.73. The third-order valence-corrected chi connectivity index (χ3v) is 3.89. The molecule has 0 saturated carbocycles. The molecule has 0 unspecified atom stereocenters. The zero-order chi connectivity index (χ0) is 28.2. The van der Waals surface area contributed by atoms with Crippen LogP contribution in [0.2, 0.25) is 0 Å². The zero-order valence-electron chi connectivity index (χ0n) is 18.8. The van der Waals surface area contributed by atoms with E-state index in [1.807, 2.05) is 36.4 Å². The maximum atomic E-state index is 10.6. The molecule has 16 heteroatoms.